The standard InChI is InChI=1S/C12H16N4O4/c1-20-10-9(4-5-13-15-10)14-12(19)16-6-2-3-8(7-16)11(17)18/h4-5,8H,2-3,6-7H2,1H3,(H,17,18)(H,13,14,19). The van der Waals surface area contributed by atoms with Gasteiger partial charge in [-0.1, -0.05) is 0 Å². The van der Waals surface area contributed by atoms with Crippen LogP contribution in [0.3, 0.4) is 0 Å². The van der Waals surface area contributed by atoms with Crippen LogP contribution >= 0.6 is 0 Å². The van der Waals surface area contributed by atoms with Crippen molar-refractivity contribution in [3.8, 4) is 5.88 Å². The van der Waals surface area contributed by atoms with Crippen molar-refractivity contribution in [3.63, 3.8) is 0 Å². The van der Waals surface area contributed by atoms with Crippen LogP contribution in [0.1, 0.15) is 12.8 Å². The molecule has 1 aliphatic rings. The Bertz CT molecular complexity index is 508. The molecule has 2 amide bonds. The van der Waals surface area contributed by atoms with E-state index in [9.17, 15) is 9.59 Å². The summed E-state index contributed by atoms with van der Waals surface area (Å²) in [5.74, 6) is -1.16. The highest BCUT2D eigenvalue weighted by Crippen LogP contribution is 2.21. The third-order valence-corrected chi connectivity index (χ3v) is 3.18. The number of anilines is 1. The second-order valence-corrected chi connectivity index (χ2v) is 4.51. The molecular formula is C12H16N4O4. The van der Waals surface area contributed by atoms with Gasteiger partial charge in [0.15, 0.2) is 0 Å². The van der Waals surface area contributed by atoms with Gasteiger partial charge in [0.25, 0.3) is 5.88 Å². The average molecular weight is 280 g/mol. The normalized spacial score (nSPS) is 18.4. The summed E-state index contributed by atoms with van der Waals surface area (Å²) < 4.78 is 4.99. The molecule has 1 fully saturated rings. The van der Waals surface area contributed by atoms with Gasteiger partial charge in [0.1, 0.15) is 5.69 Å². The largest absolute Gasteiger partial charge is 0.481 e. The van der Waals surface area contributed by atoms with Crippen LogP contribution < -0.4 is 10.1 Å². The maximum Gasteiger partial charge on any atom is 0.322 e. The Balaban J connectivity index is 2.02. The van der Waals surface area contributed by atoms with E-state index in [1.54, 1.807) is 6.07 Å². The minimum absolute atomic E-state index is 0.210. The van der Waals surface area contributed by atoms with E-state index in [0.29, 0.717) is 25.1 Å². The third-order valence-electron chi connectivity index (χ3n) is 3.18. The predicted molar refractivity (Wildman–Crippen MR) is 69.5 cm³/mol. The molecule has 1 aliphatic heterocycles. The van der Waals surface area contributed by atoms with Crippen molar-refractivity contribution in [1.29, 1.82) is 0 Å². The van der Waals surface area contributed by atoms with Crippen LogP contribution in [-0.2, 0) is 4.79 Å². The first-order valence-corrected chi connectivity index (χ1v) is 6.26. The van der Waals surface area contributed by atoms with Gasteiger partial charge in [-0.3, -0.25) is 4.79 Å². The molecule has 0 spiro atoms. The zero-order valence-electron chi connectivity index (χ0n) is 11.1. The maximum absolute atomic E-state index is 12.1. The lowest BCUT2D eigenvalue weighted by Crippen LogP contribution is -2.44. The number of rotatable bonds is 3. The number of hydrogen-bond acceptors (Lipinski definition) is 5. The number of likely N-dealkylation sites (tertiary alicyclic amines) is 1. The number of urea groups is 1. The molecule has 20 heavy (non-hydrogen) atoms. The second kappa shape index (κ2) is 6.18. The summed E-state index contributed by atoms with van der Waals surface area (Å²) in [5, 5.41) is 19.1. The van der Waals surface area contributed by atoms with E-state index in [2.05, 4.69) is 15.5 Å². The summed E-state index contributed by atoms with van der Waals surface area (Å²) in [6.07, 6.45) is 2.71. The number of aliphatic carboxylic acids is 1. The highest BCUT2D eigenvalue weighted by molar-refractivity contribution is 5.90. The average Bonchev–Trinajstić information content (AvgIpc) is 2.48. The Morgan fingerprint density at radius 2 is 2.35 bits per heavy atom. The second-order valence-electron chi connectivity index (χ2n) is 4.51. The van der Waals surface area contributed by atoms with Crippen molar-refractivity contribution >= 4 is 17.7 Å². The van der Waals surface area contributed by atoms with Crippen LogP contribution in [0, 0.1) is 5.92 Å². The molecule has 8 nitrogen and oxygen atoms in total. The summed E-state index contributed by atoms with van der Waals surface area (Å²) in [5.41, 5.74) is 0.407. The predicted octanol–water partition coefficient (Wildman–Crippen LogP) is 0.814. The number of piperidine rings is 1. The van der Waals surface area contributed by atoms with Crippen LogP contribution in [0.25, 0.3) is 0 Å². The summed E-state index contributed by atoms with van der Waals surface area (Å²) in [4.78, 5) is 24.6. The monoisotopic (exact) mass is 280 g/mol. The molecule has 1 aromatic rings. The van der Waals surface area contributed by atoms with Crippen LogP contribution in [0.2, 0.25) is 0 Å². The number of nitrogens with zero attached hydrogens (tertiary/aromatic N) is 3. The minimum Gasteiger partial charge on any atom is -0.481 e. The number of aromatic nitrogens is 2. The summed E-state index contributed by atoms with van der Waals surface area (Å²) >= 11 is 0. The zero-order valence-corrected chi connectivity index (χ0v) is 11.1. The number of carboxylic acids is 1. The summed E-state index contributed by atoms with van der Waals surface area (Å²) in [6.45, 7) is 0.748. The van der Waals surface area contributed by atoms with Crippen molar-refractivity contribution in [3.05, 3.63) is 12.3 Å². The lowest BCUT2D eigenvalue weighted by atomic mass is 9.99. The molecule has 0 radical (unpaired) electrons. The Morgan fingerprint density at radius 3 is 3.05 bits per heavy atom. The van der Waals surface area contributed by atoms with E-state index in [1.807, 2.05) is 0 Å². The molecule has 1 aromatic heterocycles. The van der Waals surface area contributed by atoms with Gasteiger partial charge in [0.2, 0.25) is 0 Å². The Morgan fingerprint density at radius 1 is 1.55 bits per heavy atom. The number of ether oxygens (including phenoxy) is 1. The number of amides is 2. The van der Waals surface area contributed by atoms with Crippen molar-refractivity contribution < 1.29 is 19.4 Å². The number of nitrogens with one attached hydrogen (secondary N) is 1. The number of carboxylic acid groups (broad SMARTS) is 1. The molecule has 108 valence electrons. The maximum atomic E-state index is 12.1. The Labute approximate surface area is 115 Å². The Hall–Kier alpha value is -2.38. The number of carbonyl (C=O) groups excluding carboxylic acids is 1. The van der Waals surface area contributed by atoms with Crippen molar-refractivity contribution in [2.45, 2.75) is 12.8 Å². The van der Waals surface area contributed by atoms with E-state index in [1.165, 1.54) is 18.2 Å². The van der Waals surface area contributed by atoms with E-state index < -0.39 is 11.9 Å². The molecule has 1 atom stereocenters. The van der Waals surface area contributed by atoms with E-state index >= 15 is 0 Å². The van der Waals surface area contributed by atoms with Gasteiger partial charge >= 0.3 is 12.0 Å². The van der Waals surface area contributed by atoms with Gasteiger partial charge in [-0.2, -0.15) is 5.10 Å². The van der Waals surface area contributed by atoms with E-state index in [4.69, 9.17) is 9.84 Å². The minimum atomic E-state index is -0.870. The SMILES string of the molecule is COc1nnccc1NC(=O)N1CCCC(C(=O)O)C1. The van der Waals surface area contributed by atoms with Gasteiger partial charge in [0.05, 0.1) is 19.2 Å². The molecule has 0 aliphatic carbocycles. The van der Waals surface area contributed by atoms with Gasteiger partial charge in [0, 0.05) is 13.1 Å². The molecule has 2 heterocycles. The smallest absolute Gasteiger partial charge is 0.322 e. The fourth-order valence-electron chi connectivity index (χ4n) is 2.12. The number of hydrogen-bond donors (Lipinski definition) is 2. The molecule has 1 saturated heterocycles. The molecule has 0 aromatic carbocycles. The first-order valence-electron chi connectivity index (χ1n) is 6.26. The summed E-state index contributed by atoms with van der Waals surface area (Å²) in [6, 6.07) is 1.21. The van der Waals surface area contributed by atoms with Crippen LogP contribution in [0.4, 0.5) is 10.5 Å². The fourth-order valence-corrected chi connectivity index (χ4v) is 2.12. The van der Waals surface area contributed by atoms with Crippen LogP contribution in [0.5, 0.6) is 5.88 Å². The number of carbonyl (C=O) groups is 2. The molecule has 2 N–H and O–H groups in total. The Kier molecular flexibility index (Phi) is 4.34. The molecule has 2 rings (SSSR count). The van der Waals surface area contributed by atoms with Gasteiger partial charge < -0.3 is 20.1 Å². The zero-order chi connectivity index (χ0) is 14.5. The molecule has 0 bridgehead atoms. The fraction of sp³-hybridized carbons (Fsp3) is 0.500. The lowest BCUT2D eigenvalue weighted by Gasteiger charge is -2.30. The summed E-state index contributed by atoms with van der Waals surface area (Å²) in [7, 11) is 1.43. The third kappa shape index (κ3) is 3.14. The van der Waals surface area contributed by atoms with Crippen molar-refractivity contribution in [2.24, 2.45) is 5.92 Å². The van der Waals surface area contributed by atoms with E-state index in [-0.39, 0.29) is 18.5 Å². The number of methoxy groups -OCH3 is 1. The molecule has 8 heteroatoms. The van der Waals surface area contributed by atoms with Gasteiger partial charge in [-0.05, 0) is 18.9 Å². The molecular weight excluding hydrogens is 264 g/mol. The van der Waals surface area contributed by atoms with Gasteiger partial charge in [-0.25, -0.2) is 4.79 Å². The lowest BCUT2D eigenvalue weighted by molar-refractivity contribution is -0.143. The van der Waals surface area contributed by atoms with Crippen LogP contribution in [0.15, 0.2) is 12.3 Å². The highest BCUT2D eigenvalue weighted by Gasteiger charge is 2.28. The first-order chi connectivity index (χ1) is 9.61. The van der Waals surface area contributed by atoms with E-state index in [0.717, 1.165) is 0 Å². The highest BCUT2D eigenvalue weighted by atomic mass is 16.5. The van der Waals surface area contributed by atoms with Gasteiger partial charge in [-0.15, -0.1) is 5.10 Å². The molecule has 1 unspecified atom stereocenters. The quantitative estimate of drug-likeness (QED) is 0.849. The van der Waals surface area contributed by atoms with Crippen molar-refractivity contribution in [2.75, 3.05) is 25.5 Å². The van der Waals surface area contributed by atoms with Crippen LogP contribution in [-0.4, -0.2) is 52.4 Å². The van der Waals surface area contributed by atoms with Crippen molar-refractivity contribution in [1.82, 2.24) is 15.1 Å². The molecule has 0 saturated carbocycles. The first kappa shape index (κ1) is 14.0. The topological polar surface area (TPSA) is 105 Å².